The van der Waals surface area contributed by atoms with E-state index in [0.29, 0.717) is 28.6 Å². The second-order valence-electron chi connectivity index (χ2n) is 7.92. The van der Waals surface area contributed by atoms with Crippen LogP contribution in [0.4, 0.5) is 5.69 Å². The third-order valence-electron chi connectivity index (χ3n) is 5.26. The number of carbonyl (C=O) groups excluding carboxylic acids is 1. The van der Waals surface area contributed by atoms with Crippen LogP contribution in [-0.4, -0.2) is 15.7 Å². The molecule has 3 aromatic carbocycles. The second kappa shape index (κ2) is 10.9. The molecule has 0 radical (unpaired) electrons. The zero-order valence-electron chi connectivity index (χ0n) is 19.1. The molecule has 4 rings (SSSR count). The van der Waals surface area contributed by atoms with Gasteiger partial charge in [0.05, 0.1) is 23.1 Å². The van der Waals surface area contributed by atoms with Gasteiger partial charge in [0.2, 0.25) is 0 Å². The molecule has 174 valence electrons. The number of amides is 1. The summed E-state index contributed by atoms with van der Waals surface area (Å²) < 4.78 is 13.2. The second-order valence-corrected chi connectivity index (χ2v) is 8.32. The number of benzene rings is 3. The van der Waals surface area contributed by atoms with E-state index in [1.807, 2.05) is 61.5 Å². The number of aryl methyl sites for hydroxylation is 2. The Labute approximate surface area is 204 Å². The Morgan fingerprint density at radius 1 is 1.03 bits per heavy atom. The molecule has 0 unspecified atom stereocenters. The molecule has 1 N–H and O–H groups in total. The minimum Gasteiger partial charge on any atom is -0.487 e. The number of aromatic nitrogens is 2. The topological polar surface area (TPSA) is 65.4 Å². The summed E-state index contributed by atoms with van der Waals surface area (Å²) in [5.74, 6) is 1.16. The van der Waals surface area contributed by atoms with Crippen LogP contribution in [-0.2, 0) is 19.8 Å². The number of ether oxygens (including phenoxy) is 2. The normalized spacial score (nSPS) is 10.7. The van der Waals surface area contributed by atoms with Gasteiger partial charge in [-0.3, -0.25) is 4.79 Å². The van der Waals surface area contributed by atoms with E-state index in [9.17, 15) is 4.79 Å². The lowest BCUT2D eigenvalue weighted by Gasteiger charge is -2.10. The predicted molar refractivity (Wildman–Crippen MR) is 134 cm³/mol. The number of nitrogens with zero attached hydrogens (tertiary/aromatic N) is 2. The van der Waals surface area contributed by atoms with Crippen LogP contribution in [0.5, 0.6) is 11.5 Å². The van der Waals surface area contributed by atoms with Crippen molar-refractivity contribution in [3.8, 4) is 11.5 Å². The summed E-state index contributed by atoms with van der Waals surface area (Å²) in [7, 11) is 0. The average Bonchev–Trinajstić information content (AvgIpc) is 3.31. The SMILES string of the molecule is CCc1ccc(OCn2cc(NC(=O)c3cccc(COc4cc(C)ccc4Cl)c3)cn2)cc1. The van der Waals surface area contributed by atoms with Gasteiger partial charge in [-0.25, -0.2) is 4.68 Å². The minimum atomic E-state index is -0.230. The third kappa shape index (κ3) is 6.17. The molecule has 0 aliphatic carbocycles. The molecule has 0 saturated heterocycles. The van der Waals surface area contributed by atoms with Gasteiger partial charge in [-0.1, -0.05) is 48.9 Å². The summed E-state index contributed by atoms with van der Waals surface area (Å²) >= 11 is 6.20. The van der Waals surface area contributed by atoms with Gasteiger partial charge < -0.3 is 14.8 Å². The van der Waals surface area contributed by atoms with E-state index >= 15 is 0 Å². The maximum absolute atomic E-state index is 12.7. The van der Waals surface area contributed by atoms with E-state index < -0.39 is 0 Å². The summed E-state index contributed by atoms with van der Waals surface area (Å²) in [5, 5.41) is 7.68. The van der Waals surface area contributed by atoms with Gasteiger partial charge in [0.15, 0.2) is 6.73 Å². The maximum atomic E-state index is 12.7. The third-order valence-corrected chi connectivity index (χ3v) is 5.57. The Kier molecular flexibility index (Phi) is 7.50. The number of carbonyl (C=O) groups is 1. The molecule has 1 amide bonds. The van der Waals surface area contributed by atoms with Crippen molar-refractivity contribution in [1.82, 2.24) is 9.78 Å². The molecule has 34 heavy (non-hydrogen) atoms. The molecule has 0 spiro atoms. The lowest BCUT2D eigenvalue weighted by atomic mass is 10.1. The Bertz CT molecular complexity index is 1270. The number of anilines is 1. The first kappa shape index (κ1) is 23.4. The van der Waals surface area contributed by atoms with Crippen molar-refractivity contribution in [2.75, 3.05) is 5.32 Å². The van der Waals surface area contributed by atoms with Crippen LogP contribution in [0.3, 0.4) is 0 Å². The van der Waals surface area contributed by atoms with Crippen molar-refractivity contribution in [3.05, 3.63) is 106 Å². The molecule has 1 heterocycles. The highest BCUT2D eigenvalue weighted by Crippen LogP contribution is 2.26. The summed E-state index contributed by atoms with van der Waals surface area (Å²) in [6, 6.07) is 20.9. The number of hydrogen-bond acceptors (Lipinski definition) is 4. The molecule has 0 aliphatic heterocycles. The first-order valence-electron chi connectivity index (χ1n) is 11.0. The molecule has 6 nitrogen and oxygen atoms in total. The zero-order chi connectivity index (χ0) is 23.9. The van der Waals surface area contributed by atoms with Gasteiger partial charge in [0.1, 0.15) is 18.1 Å². The van der Waals surface area contributed by atoms with E-state index in [1.54, 1.807) is 29.2 Å². The first-order chi connectivity index (χ1) is 16.5. The maximum Gasteiger partial charge on any atom is 0.255 e. The van der Waals surface area contributed by atoms with Crippen LogP contribution < -0.4 is 14.8 Å². The van der Waals surface area contributed by atoms with Gasteiger partial charge in [-0.05, 0) is 66.4 Å². The average molecular weight is 476 g/mol. The minimum absolute atomic E-state index is 0.230. The fraction of sp³-hybridized carbons (Fsp3) is 0.185. The fourth-order valence-corrected chi connectivity index (χ4v) is 3.52. The van der Waals surface area contributed by atoms with Crippen molar-refractivity contribution in [2.24, 2.45) is 0 Å². The first-order valence-corrected chi connectivity index (χ1v) is 11.4. The zero-order valence-corrected chi connectivity index (χ0v) is 19.9. The van der Waals surface area contributed by atoms with E-state index in [-0.39, 0.29) is 12.6 Å². The van der Waals surface area contributed by atoms with E-state index in [4.69, 9.17) is 21.1 Å². The lowest BCUT2D eigenvalue weighted by molar-refractivity contribution is 0.102. The molecular weight excluding hydrogens is 450 g/mol. The van der Waals surface area contributed by atoms with Crippen molar-refractivity contribution in [1.29, 1.82) is 0 Å². The number of halogens is 1. The predicted octanol–water partition coefficient (Wildman–Crippen LogP) is 6.28. The largest absolute Gasteiger partial charge is 0.487 e. The molecule has 4 aromatic rings. The van der Waals surface area contributed by atoms with Crippen LogP contribution >= 0.6 is 11.6 Å². The number of rotatable bonds is 9. The van der Waals surface area contributed by atoms with Crippen LogP contribution in [0, 0.1) is 6.92 Å². The fourth-order valence-electron chi connectivity index (χ4n) is 3.35. The van der Waals surface area contributed by atoms with E-state index in [0.717, 1.165) is 23.3 Å². The van der Waals surface area contributed by atoms with E-state index in [1.165, 1.54) is 5.56 Å². The molecule has 0 fully saturated rings. The lowest BCUT2D eigenvalue weighted by Crippen LogP contribution is -2.12. The van der Waals surface area contributed by atoms with Gasteiger partial charge >= 0.3 is 0 Å². The highest BCUT2D eigenvalue weighted by molar-refractivity contribution is 6.32. The van der Waals surface area contributed by atoms with Crippen molar-refractivity contribution >= 4 is 23.2 Å². The molecular formula is C27H26ClN3O3. The summed E-state index contributed by atoms with van der Waals surface area (Å²) in [6.07, 6.45) is 4.30. The standard InChI is InChI=1S/C27H26ClN3O3/c1-3-20-8-10-24(11-9-20)34-18-31-16-23(15-29-31)30-27(32)22-6-4-5-21(14-22)17-33-26-13-19(2)7-12-25(26)28/h4-16H,3,17-18H2,1-2H3,(H,30,32). The van der Waals surface area contributed by atoms with E-state index in [2.05, 4.69) is 17.3 Å². The smallest absolute Gasteiger partial charge is 0.255 e. The number of hydrogen-bond donors (Lipinski definition) is 1. The van der Waals surface area contributed by atoms with Crippen LogP contribution in [0.2, 0.25) is 5.02 Å². The molecule has 1 aromatic heterocycles. The van der Waals surface area contributed by atoms with Crippen LogP contribution in [0.25, 0.3) is 0 Å². The van der Waals surface area contributed by atoms with Gasteiger partial charge in [-0.15, -0.1) is 0 Å². The monoisotopic (exact) mass is 475 g/mol. The Balaban J connectivity index is 1.33. The van der Waals surface area contributed by atoms with Crippen molar-refractivity contribution in [3.63, 3.8) is 0 Å². The molecule has 0 bridgehead atoms. The Hall–Kier alpha value is -3.77. The van der Waals surface area contributed by atoms with Crippen LogP contribution in [0.15, 0.2) is 79.1 Å². The molecule has 0 aliphatic rings. The number of nitrogens with one attached hydrogen (secondary N) is 1. The Morgan fingerprint density at radius 3 is 2.65 bits per heavy atom. The highest BCUT2D eigenvalue weighted by Gasteiger charge is 2.10. The van der Waals surface area contributed by atoms with Crippen LogP contribution in [0.1, 0.15) is 34.0 Å². The quantitative estimate of drug-likeness (QED) is 0.309. The summed E-state index contributed by atoms with van der Waals surface area (Å²) in [5.41, 5.74) is 4.29. The molecule has 0 saturated carbocycles. The summed E-state index contributed by atoms with van der Waals surface area (Å²) in [6.45, 7) is 4.64. The molecule has 0 atom stereocenters. The van der Waals surface area contributed by atoms with Gasteiger partial charge in [-0.2, -0.15) is 5.10 Å². The van der Waals surface area contributed by atoms with Gasteiger partial charge in [0, 0.05) is 5.56 Å². The summed E-state index contributed by atoms with van der Waals surface area (Å²) in [4.78, 5) is 12.7. The Morgan fingerprint density at radius 2 is 1.85 bits per heavy atom. The highest BCUT2D eigenvalue weighted by atomic mass is 35.5. The van der Waals surface area contributed by atoms with Crippen molar-refractivity contribution < 1.29 is 14.3 Å². The van der Waals surface area contributed by atoms with Gasteiger partial charge in [0.25, 0.3) is 5.91 Å². The van der Waals surface area contributed by atoms with Crippen molar-refractivity contribution in [2.45, 2.75) is 33.6 Å². The molecule has 7 heteroatoms.